The van der Waals surface area contributed by atoms with Crippen molar-refractivity contribution in [2.75, 3.05) is 26.2 Å². The Labute approximate surface area is 238 Å². The van der Waals surface area contributed by atoms with Gasteiger partial charge >= 0.3 is 6.03 Å². The van der Waals surface area contributed by atoms with Crippen LogP contribution in [0.5, 0.6) is 0 Å². The minimum Gasteiger partial charge on any atom is -0.343 e. The summed E-state index contributed by atoms with van der Waals surface area (Å²) in [5, 5.41) is 5.94. The van der Waals surface area contributed by atoms with Crippen LogP contribution in [0.15, 0.2) is 0 Å². The zero-order valence-electron chi connectivity index (χ0n) is 26.1. The molecule has 0 spiro atoms. The van der Waals surface area contributed by atoms with Crippen LogP contribution in [-0.4, -0.2) is 43.0 Å². The van der Waals surface area contributed by atoms with Crippen LogP contribution in [-0.2, 0) is 4.79 Å². The maximum absolute atomic E-state index is 12.5. The highest BCUT2D eigenvalue weighted by molar-refractivity contribution is 5.76. The second-order valence-corrected chi connectivity index (χ2v) is 11.4. The Morgan fingerprint density at radius 2 is 0.789 bits per heavy atom. The Kier molecular flexibility index (Phi) is 29.3. The minimum atomic E-state index is -0.0488. The SMILES string of the molecule is CCCCCCCCCCCCCCCCCCNC(=O)NCCCCCC(=O)N(CCCC)CCCC. The maximum atomic E-state index is 12.5. The Morgan fingerprint density at radius 3 is 1.18 bits per heavy atom. The molecule has 0 saturated carbocycles. The first-order valence-electron chi connectivity index (χ1n) is 16.9. The summed E-state index contributed by atoms with van der Waals surface area (Å²) in [5.41, 5.74) is 0. The van der Waals surface area contributed by atoms with Crippen LogP contribution in [0, 0.1) is 0 Å². The molecular weight excluding hydrogens is 470 g/mol. The number of carbonyl (C=O) groups excluding carboxylic acids is 2. The van der Waals surface area contributed by atoms with E-state index in [0.717, 1.165) is 71.0 Å². The highest BCUT2D eigenvalue weighted by atomic mass is 16.2. The normalized spacial score (nSPS) is 11.0. The molecule has 0 aromatic rings. The van der Waals surface area contributed by atoms with Gasteiger partial charge in [0.15, 0.2) is 0 Å². The van der Waals surface area contributed by atoms with Crippen molar-refractivity contribution >= 4 is 11.9 Å². The van der Waals surface area contributed by atoms with Crippen molar-refractivity contribution in [2.45, 2.75) is 175 Å². The van der Waals surface area contributed by atoms with E-state index in [1.807, 2.05) is 0 Å². The number of nitrogens with one attached hydrogen (secondary N) is 2. The summed E-state index contributed by atoms with van der Waals surface area (Å²) < 4.78 is 0. The third-order valence-electron chi connectivity index (χ3n) is 7.58. The van der Waals surface area contributed by atoms with Crippen LogP contribution in [0.25, 0.3) is 0 Å². The molecule has 5 nitrogen and oxygen atoms in total. The van der Waals surface area contributed by atoms with Crippen LogP contribution in [0.1, 0.15) is 175 Å². The van der Waals surface area contributed by atoms with Gasteiger partial charge in [0.2, 0.25) is 5.91 Å². The second-order valence-electron chi connectivity index (χ2n) is 11.4. The monoisotopic (exact) mass is 538 g/mol. The van der Waals surface area contributed by atoms with Gasteiger partial charge in [-0.2, -0.15) is 0 Å². The van der Waals surface area contributed by atoms with Crippen molar-refractivity contribution < 1.29 is 9.59 Å². The number of nitrogens with zero attached hydrogens (tertiary/aromatic N) is 1. The van der Waals surface area contributed by atoms with E-state index in [9.17, 15) is 9.59 Å². The number of carbonyl (C=O) groups is 2. The first-order valence-corrected chi connectivity index (χ1v) is 16.9. The Morgan fingerprint density at radius 1 is 0.447 bits per heavy atom. The molecule has 0 rings (SSSR count). The average Bonchev–Trinajstić information content (AvgIpc) is 2.92. The standard InChI is InChI=1S/C33H67N3O2/c1-4-7-10-11-12-13-14-15-16-17-18-19-20-21-22-25-28-34-33(38)35-29-26-23-24-27-32(37)36(30-8-5-2)31-9-6-3/h4-31H2,1-3H3,(H2,34,35,38). The Bertz CT molecular complexity index is 504. The third-order valence-corrected chi connectivity index (χ3v) is 7.58. The lowest BCUT2D eigenvalue weighted by atomic mass is 10.0. The number of hydrogen-bond acceptors (Lipinski definition) is 2. The number of hydrogen-bond donors (Lipinski definition) is 2. The van der Waals surface area contributed by atoms with Crippen LogP contribution in [0.2, 0.25) is 0 Å². The molecular formula is C33H67N3O2. The van der Waals surface area contributed by atoms with E-state index in [0.29, 0.717) is 18.9 Å². The van der Waals surface area contributed by atoms with Gasteiger partial charge in [-0.25, -0.2) is 4.79 Å². The van der Waals surface area contributed by atoms with Gasteiger partial charge in [0, 0.05) is 32.6 Å². The molecule has 0 aliphatic rings. The molecule has 0 fully saturated rings. The van der Waals surface area contributed by atoms with E-state index in [1.54, 1.807) is 0 Å². The van der Waals surface area contributed by atoms with Gasteiger partial charge in [0.05, 0.1) is 0 Å². The number of urea groups is 1. The average molecular weight is 538 g/mol. The van der Waals surface area contributed by atoms with Crippen LogP contribution >= 0.6 is 0 Å². The predicted octanol–water partition coefficient (Wildman–Crippen LogP) is 9.54. The van der Waals surface area contributed by atoms with Crippen molar-refractivity contribution in [1.29, 1.82) is 0 Å². The zero-order valence-corrected chi connectivity index (χ0v) is 26.1. The van der Waals surface area contributed by atoms with E-state index in [2.05, 4.69) is 36.3 Å². The molecule has 0 radical (unpaired) electrons. The fourth-order valence-electron chi connectivity index (χ4n) is 4.93. The topological polar surface area (TPSA) is 61.4 Å². The summed E-state index contributed by atoms with van der Waals surface area (Å²) in [6.45, 7) is 9.89. The molecule has 0 aliphatic carbocycles. The molecule has 0 bridgehead atoms. The number of unbranched alkanes of at least 4 members (excludes halogenated alkanes) is 19. The summed E-state index contributed by atoms with van der Waals surface area (Å²) in [6.07, 6.45) is 29.8. The first kappa shape index (κ1) is 36.7. The van der Waals surface area contributed by atoms with E-state index in [-0.39, 0.29) is 6.03 Å². The zero-order chi connectivity index (χ0) is 27.9. The van der Waals surface area contributed by atoms with Crippen LogP contribution < -0.4 is 10.6 Å². The molecule has 0 aliphatic heterocycles. The van der Waals surface area contributed by atoms with Gasteiger partial charge < -0.3 is 15.5 Å². The minimum absolute atomic E-state index is 0.0488. The fourth-order valence-corrected chi connectivity index (χ4v) is 4.93. The summed E-state index contributed by atoms with van der Waals surface area (Å²) in [4.78, 5) is 26.5. The van der Waals surface area contributed by atoms with Gasteiger partial charge in [-0.1, -0.05) is 136 Å². The summed E-state index contributed by atoms with van der Waals surface area (Å²) in [7, 11) is 0. The molecule has 0 aromatic heterocycles. The van der Waals surface area contributed by atoms with E-state index in [4.69, 9.17) is 0 Å². The molecule has 0 aromatic carbocycles. The van der Waals surface area contributed by atoms with Crippen molar-refractivity contribution in [1.82, 2.24) is 15.5 Å². The van der Waals surface area contributed by atoms with E-state index in [1.165, 1.54) is 96.3 Å². The van der Waals surface area contributed by atoms with Gasteiger partial charge in [0.1, 0.15) is 0 Å². The van der Waals surface area contributed by atoms with Gasteiger partial charge in [-0.3, -0.25) is 4.79 Å². The third kappa shape index (κ3) is 26.4. The lowest BCUT2D eigenvalue weighted by Gasteiger charge is -2.22. The van der Waals surface area contributed by atoms with Gasteiger partial charge in [-0.05, 0) is 32.1 Å². The van der Waals surface area contributed by atoms with Gasteiger partial charge in [0.25, 0.3) is 0 Å². The molecule has 0 saturated heterocycles. The van der Waals surface area contributed by atoms with Gasteiger partial charge in [-0.15, -0.1) is 0 Å². The molecule has 5 heteroatoms. The van der Waals surface area contributed by atoms with E-state index < -0.39 is 0 Å². The number of amides is 3. The quantitative estimate of drug-likeness (QED) is 0.0933. The van der Waals surface area contributed by atoms with Crippen molar-refractivity contribution in [3.63, 3.8) is 0 Å². The summed E-state index contributed by atoms with van der Waals surface area (Å²) >= 11 is 0. The molecule has 3 amide bonds. The highest BCUT2D eigenvalue weighted by Gasteiger charge is 2.11. The van der Waals surface area contributed by atoms with Crippen molar-refractivity contribution in [2.24, 2.45) is 0 Å². The fraction of sp³-hybridized carbons (Fsp3) is 0.939. The molecule has 0 heterocycles. The molecule has 2 N–H and O–H groups in total. The smallest absolute Gasteiger partial charge is 0.314 e. The lowest BCUT2D eigenvalue weighted by molar-refractivity contribution is -0.131. The van der Waals surface area contributed by atoms with Crippen LogP contribution in [0.3, 0.4) is 0 Å². The molecule has 0 unspecified atom stereocenters. The van der Waals surface area contributed by atoms with Crippen molar-refractivity contribution in [3.8, 4) is 0 Å². The van der Waals surface area contributed by atoms with E-state index >= 15 is 0 Å². The highest BCUT2D eigenvalue weighted by Crippen LogP contribution is 2.13. The summed E-state index contributed by atoms with van der Waals surface area (Å²) in [6, 6.07) is -0.0488. The Hall–Kier alpha value is -1.26. The predicted molar refractivity (Wildman–Crippen MR) is 166 cm³/mol. The largest absolute Gasteiger partial charge is 0.343 e. The molecule has 226 valence electrons. The first-order chi connectivity index (χ1) is 18.7. The second kappa shape index (κ2) is 30.3. The summed E-state index contributed by atoms with van der Waals surface area (Å²) in [5.74, 6) is 0.302. The molecule has 0 atom stereocenters. The van der Waals surface area contributed by atoms with Crippen LogP contribution in [0.4, 0.5) is 4.79 Å². The maximum Gasteiger partial charge on any atom is 0.314 e. The lowest BCUT2D eigenvalue weighted by Crippen LogP contribution is -2.36. The molecule has 38 heavy (non-hydrogen) atoms. The van der Waals surface area contributed by atoms with Crippen molar-refractivity contribution in [3.05, 3.63) is 0 Å². The number of rotatable bonds is 29. The Balaban J connectivity index is 3.41.